The van der Waals surface area contributed by atoms with Crippen LogP contribution < -0.4 is 5.32 Å². The molecule has 7 heteroatoms. The number of nitrogens with one attached hydrogen (secondary N) is 1. The van der Waals surface area contributed by atoms with Gasteiger partial charge in [-0.15, -0.1) is 0 Å². The molecule has 0 spiro atoms. The molecule has 110 valence electrons. The first kappa shape index (κ1) is 15.2. The van der Waals surface area contributed by atoms with Crippen molar-refractivity contribution in [2.45, 2.75) is 12.8 Å². The summed E-state index contributed by atoms with van der Waals surface area (Å²) in [5.74, 6) is 0. The van der Waals surface area contributed by atoms with Gasteiger partial charge in [-0.1, -0.05) is 6.07 Å². The summed E-state index contributed by atoms with van der Waals surface area (Å²) in [4.78, 5) is 10.7. The third-order valence-electron chi connectivity index (χ3n) is 3.71. The first-order chi connectivity index (χ1) is 9.58. The number of benzene rings is 1. The van der Waals surface area contributed by atoms with Gasteiger partial charge in [0.15, 0.2) is 0 Å². The molecule has 2 N–H and O–H groups in total. The van der Waals surface area contributed by atoms with Crippen molar-refractivity contribution < 1.29 is 14.8 Å². The first-order valence-electron chi connectivity index (χ1n) is 6.43. The molecule has 6 nitrogen and oxygen atoms in total. The molecule has 1 aliphatic rings. The van der Waals surface area contributed by atoms with Crippen molar-refractivity contribution in [2.24, 2.45) is 5.41 Å². The number of para-hydroxylation sites is 1. The number of nitrogens with zero attached hydrogens (tertiary/aromatic N) is 1. The van der Waals surface area contributed by atoms with E-state index in [2.05, 4.69) is 21.2 Å². The SMILES string of the molecule is O=[N+]([O-])c1c(Br)cccc1NCC1(CO)CCOCC1. The molecule has 0 radical (unpaired) electrons. The Morgan fingerprint density at radius 3 is 2.75 bits per heavy atom. The minimum Gasteiger partial charge on any atom is -0.396 e. The summed E-state index contributed by atoms with van der Waals surface area (Å²) in [6.45, 7) is 1.76. The summed E-state index contributed by atoms with van der Waals surface area (Å²) < 4.78 is 5.75. The fraction of sp³-hybridized carbons (Fsp3) is 0.538. The van der Waals surface area contributed by atoms with E-state index in [1.807, 2.05) is 0 Å². The summed E-state index contributed by atoms with van der Waals surface area (Å²) in [5, 5.41) is 23.8. The van der Waals surface area contributed by atoms with E-state index in [0.29, 0.717) is 29.9 Å². The van der Waals surface area contributed by atoms with E-state index in [9.17, 15) is 15.2 Å². The maximum absolute atomic E-state index is 11.1. The number of aliphatic hydroxyl groups excluding tert-OH is 1. The predicted octanol–water partition coefficient (Wildman–Crippen LogP) is 2.56. The highest BCUT2D eigenvalue weighted by molar-refractivity contribution is 9.10. The Labute approximate surface area is 125 Å². The van der Waals surface area contributed by atoms with Crippen LogP contribution in [-0.4, -0.2) is 36.4 Å². The molecular weight excluding hydrogens is 328 g/mol. The van der Waals surface area contributed by atoms with E-state index in [4.69, 9.17) is 4.74 Å². The molecule has 2 rings (SSSR count). The van der Waals surface area contributed by atoms with Gasteiger partial charge in [0.1, 0.15) is 5.69 Å². The van der Waals surface area contributed by atoms with Crippen LogP contribution in [0, 0.1) is 15.5 Å². The van der Waals surface area contributed by atoms with Crippen LogP contribution in [0.25, 0.3) is 0 Å². The van der Waals surface area contributed by atoms with Gasteiger partial charge in [0.2, 0.25) is 0 Å². The number of nitro benzene ring substituents is 1. The molecule has 1 aromatic carbocycles. The van der Waals surface area contributed by atoms with Crippen LogP contribution in [0.1, 0.15) is 12.8 Å². The van der Waals surface area contributed by atoms with Crippen LogP contribution >= 0.6 is 15.9 Å². The van der Waals surface area contributed by atoms with E-state index in [-0.39, 0.29) is 17.7 Å². The van der Waals surface area contributed by atoms with Gasteiger partial charge in [-0.25, -0.2) is 0 Å². The number of anilines is 1. The second-order valence-corrected chi connectivity index (χ2v) is 5.87. The molecule has 1 fully saturated rings. The highest BCUT2D eigenvalue weighted by Crippen LogP contribution is 2.35. The third kappa shape index (κ3) is 3.28. The van der Waals surface area contributed by atoms with E-state index >= 15 is 0 Å². The normalized spacial score (nSPS) is 17.7. The number of ether oxygens (including phenoxy) is 1. The Balaban J connectivity index is 2.14. The fourth-order valence-corrected chi connectivity index (χ4v) is 2.83. The Hall–Kier alpha value is -1.18. The monoisotopic (exact) mass is 344 g/mol. The fourth-order valence-electron chi connectivity index (χ4n) is 2.32. The van der Waals surface area contributed by atoms with Crippen molar-refractivity contribution in [3.63, 3.8) is 0 Å². The standard InChI is InChI=1S/C13H17BrN2O4/c14-10-2-1-3-11(12(10)16(18)19)15-8-13(9-17)4-6-20-7-5-13/h1-3,15,17H,4-9H2. The van der Waals surface area contributed by atoms with Crippen molar-refractivity contribution in [1.29, 1.82) is 0 Å². The van der Waals surface area contributed by atoms with Crippen molar-refractivity contribution in [1.82, 2.24) is 0 Å². The summed E-state index contributed by atoms with van der Waals surface area (Å²) >= 11 is 3.19. The molecule has 1 saturated heterocycles. The van der Waals surface area contributed by atoms with Crippen molar-refractivity contribution in [2.75, 3.05) is 31.7 Å². The lowest BCUT2D eigenvalue weighted by atomic mass is 9.81. The van der Waals surface area contributed by atoms with Gasteiger partial charge in [-0.3, -0.25) is 10.1 Å². The average Bonchev–Trinajstić information content (AvgIpc) is 2.45. The summed E-state index contributed by atoms with van der Waals surface area (Å²) in [6, 6.07) is 5.06. The average molecular weight is 345 g/mol. The summed E-state index contributed by atoms with van der Waals surface area (Å²) in [6.07, 6.45) is 1.50. The Bertz CT molecular complexity index is 489. The van der Waals surface area contributed by atoms with E-state index in [1.54, 1.807) is 18.2 Å². The van der Waals surface area contributed by atoms with Gasteiger partial charge in [-0.2, -0.15) is 0 Å². The van der Waals surface area contributed by atoms with Crippen LogP contribution in [0.3, 0.4) is 0 Å². The van der Waals surface area contributed by atoms with Crippen LogP contribution in [0.4, 0.5) is 11.4 Å². The van der Waals surface area contributed by atoms with Gasteiger partial charge in [-0.05, 0) is 40.9 Å². The van der Waals surface area contributed by atoms with Crippen molar-refractivity contribution in [3.05, 3.63) is 32.8 Å². The highest BCUT2D eigenvalue weighted by atomic mass is 79.9. The molecule has 0 amide bonds. The van der Waals surface area contributed by atoms with Crippen LogP contribution in [0.2, 0.25) is 0 Å². The second kappa shape index (κ2) is 6.51. The predicted molar refractivity (Wildman–Crippen MR) is 78.9 cm³/mol. The lowest BCUT2D eigenvalue weighted by Gasteiger charge is -2.35. The zero-order chi connectivity index (χ0) is 14.6. The molecule has 20 heavy (non-hydrogen) atoms. The first-order valence-corrected chi connectivity index (χ1v) is 7.23. The van der Waals surface area contributed by atoms with E-state index in [1.165, 1.54) is 0 Å². The molecule has 1 aromatic rings. The summed E-state index contributed by atoms with van der Waals surface area (Å²) in [5.41, 5.74) is 0.213. The zero-order valence-corrected chi connectivity index (χ0v) is 12.6. The minimum atomic E-state index is -0.415. The number of rotatable bonds is 5. The quantitative estimate of drug-likeness (QED) is 0.633. The van der Waals surface area contributed by atoms with Crippen LogP contribution in [-0.2, 0) is 4.74 Å². The molecule has 0 aliphatic carbocycles. The zero-order valence-electron chi connectivity index (χ0n) is 11.0. The lowest BCUT2D eigenvalue weighted by Crippen LogP contribution is -2.39. The van der Waals surface area contributed by atoms with Crippen molar-refractivity contribution in [3.8, 4) is 0 Å². The Morgan fingerprint density at radius 1 is 1.45 bits per heavy atom. The van der Waals surface area contributed by atoms with E-state index < -0.39 is 4.92 Å². The number of halogens is 1. The minimum absolute atomic E-state index is 0.0210. The maximum atomic E-state index is 11.1. The number of nitro groups is 1. The van der Waals surface area contributed by atoms with Crippen molar-refractivity contribution >= 4 is 27.3 Å². The topological polar surface area (TPSA) is 84.6 Å². The van der Waals surface area contributed by atoms with Gasteiger partial charge in [0, 0.05) is 25.2 Å². The lowest BCUT2D eigenvalue weighted by molar-refractivity contribution is -0.384. The van der Waals surface area contributed by atoms with Gasteiger partial charge < -0.3 is 15.2 Å². The highest BCUT2D eigenvalue weighted by Gasteiger charge is 2.32. The molecule has 0 bridgehead atoms. The van der Waals surface area contributed by atoms with Crippen LogP contribution in [0.5, 0.6) is 0 Å². The van der Waals surface area contributed by atoms with E-state index in [0.717, 1.165) is 12.8 Å². The maximum Gasteiger partial charge on any atom is 0.306 e. The molecule has 0 aromatic heterocycles. The van der Waals surface area contributed by atoms with Crippen LogP contribution in [0.15, 0.2) is 22.7 Å². The summed E-state index contributed by atoms with van der Waals surface area (Å²) in [7, 11) is 0. The second-order valence-electron chi connectivity index (χ2n) is 5.02. The number of aliphatic hydroxyl groups is 1. The smallest absolute Gasteiger partial charge is 0.306 e. The molecule has 0 atom stereocenters. The van der Waals surface area contributed by atoms with Gasteiger partial charge in [0.05, 0.1) is 16.0 Å². The molecular formula is C13H17BrN2O4. The van der Waals surface area contributed by atoms with Gasteiger partial charge >= 0.3 is 5.69 Å². The molecule has 1 heterocycles. The largest absolute Gasteiger partial charge is 0.396 e. The Morgan fingerprint density at radius 2 is 2.15 bits per heavy atom. The third-order valence-corrected chi connectivity index (χ3v) is 4.35. The van der Waals surface area contributed by atoms with Gasteiger partial charge in [0.25, 0.3) is 0 Å². The molecule has 0 saturated carbocycles. The number of hydrogen-bond donors (Lipinski definition) is 2. The molecule has 0 unspecified atom stereocenters. The molecule has 1 aliphatic heterocycles. The Kier molecular flexibility index (Phi) is 4.95. The number of hydrogen-bond acceptors (Lipinski definition) is 5.